The number of hydrogen-bond acceptors (Lipinski definition) is 4. The standard InChI is InChI=1S/C16H17ClN2O2/c1-18-14(8-11-4-5-19-10-13(11)17)12-2-3-15-16(9-12)21-7-6-20-15/h2-5,9-10,14,18H,6-8H2,1H3. The lowest BCUT2D eigenvalue weighted by atomic mass is 9.99. The Balaban J connectivity index is 1.85. The molecule has 2 aromatic rings. The highest BCUT2D eigenvalue weighted by Gasteiger charge is 2.17. The lowest BCUT2D eigenvalue weighted by Gasteiger charge is -2.22. The molecule has 110 valence electrons. The van der Waals surface area contributed by atoms with Crippen molar-refractivity contribution in [1.29, 1.82) is 0 Å². The third-order valence-corrected chi connectivity index (χ3v) is 3.94. The SMILES string of the molecule is CNC(Cc1ccncc1Cl)c1ccc2c(c1)OCCO2. The van der Waals surface area contributed by atoms with Crippen LogP contribution in [-0.2, 0) is 6.42 Å². The normalized spacial score (nSPS) is 14.8. The maximum atomic E-state index is 6.19. The average Bonchev–Trinajstić information content (AvgIpc) is 2.54. The van der Waals surface area contributed by atoms with Crippen molar-refractivity contribution in [2.45, 2.75) is 12.5 Å². The van der Waals surface area contributed by atoms with Gasteiger partial charge in [-0.25, -0.2) is 0 Å². The van der Waals surface area contributed by atoms with Gasteiger partial charge in [-0.3, -0.25) is 4.98 Å². The summed E-state index contributed by atoms with van der Waals surface area (Å²) in [5.41, 5.74) is 2.22. The second-order valence-electron chi connectivity index (χ2n) is 4.92. The zero-order valence-corrected chi connectivity index (χ0v) is 12.6. The van der Waals surface area contributed by atoms with Crippen molar-refractivity contribution in [3.8, 4) is 11.5 Å². The molecule has 0 fully saturated rings. The first-order chi connectivity index (χ1) is 10.3. The molecule has 2 heterocycles. The zero-order chi connectivity index (χ0) is 14.7. The number of nitrogens with zero attached hydrogens (tertiary/aromatic N) is 1. The number of aromatic nitrogens is 1. The van der Waals surface area contributed by atoms with Gasteiger partial charge in [-0.1, -0.05) is 17.7 Å². The van der Waals surface area contributed by atoms with Crippen LogP contribution in [0.5, 0.6) is 11.5 Å². The molecule has 5 heteroatoms. The van der Waals surface area contributed by atoms with Crippen LogP contribution in [0.4, 0.5) is 0 Å². The molecular weight excluding hydrogens is 288 g/mol. The van der Waals surface area contributed by atoms with Crippen molar-refractivity contribution >= 4 is 11.6 Å². The first kappa shape index (κ1) is 14.2. The molecule has 1 atom stereocenters. The number of nitrogens with one attached hydrogen (secondary N) is 1. The fourth-order valence-corrected chi connectivity index (χ4v) is 2.65. The van der Waals surface area contributed by atoms with E-state index >= 15 is 0 Å². The predicted octanol–water partition coefficient (Wildman–Crippen LogP) is 3.01. The highest BCUT2D eigenvalue weighted by molar-refractivity contribution is 6.31. The molecule has 0 saturated carbocycles. The molecule has 1 aliphatic rings. The van der Waals surface area contributed by atoms with Crippen LogP contribution in [0.15, 0.2) is 36.7 Å². The van der Waals surface area contributed by atoms with Crippen LogP contribution in [0.2, 0.25) is 5.02 Å². The van der Waals surface area contributed by atoms with Crippen molar-refractivity contribution in [2.75, 3.05) is 20.3 Å². The van der Waals surface area contributed by atoms with Gasteiger partial charge >= 0.3 is 0 Å². The van der Waals surface area contributed by atoms with Gasteiger partial charge < -0.3 is 14.8 Å². The third kappa shape index (κ3) is 3.12. The first-order valence-corrected chi connectivity index (χ1v) is 7.31. The summed E-state index contributed by atoms with van der Waals surface area (Å²) < 4.78 is 11.2. The fourth-order valence-electron chi connectivity index (χ4n) is 2.45. The van der Waals surface area contributed by atoms with Gasteiger partial charge in [-0.2, -0.15) is 0 Å². The van der Waals surface area contributed by atoms with Crippen LogP contribution >= 0.6 is 11.6 Å². The minimum Gasteiger partial charge on any atom is -0.486 e. The molecule has 1 aliphatic heterocycles. The van der Waals surface area contributed by atoms with Crippen LogP contribution in [0.25, 0.3) is 0 Å². The van der Waals surface area contributed by atoms with Crippen LogP contribution in [0, 0.1) is 0 Å². The Hall–Kier alpha value is -1.78. The highest BCUT2D eigenvalue weighted by Crippen LogP contribution is 2.33. The summed E-state index contributed by atoms with van der Waals surface area (Å²) in [6, 6.07) is 8.15. The average molecular weight is 305 g/mol. The Morgan fingerprint density at radius 3 is 2.81 bits per heavy atom. The fraction of sp³-hybridized carbons (Fsp3) is 0.312. The molecular formula is C16H17ClN2O2. The molecule has 0 aliphatic carbocycles. The van der Waals surface area contributed by atoms with Gasteiger partial charge in [0.1, 0.15) is 13.2 Å². The molecule has 1 aromatic carbocycles. The van der Waals surface area contributed by atoms with Crippen LogP contribution in [0.1, 0.15) is 17.2 Å². The van der Waals surface area contributed by atoms with Gasteiger partial charge in [0.2, 0.25) is 0 Å². The molecule has 0 bridgehead atoms. The van der Waals surface area contributed by atoms with Gasteiger partial charge in [0.05, 0.1) is 5.02 Å². The van der Waals surface area contributed by atoms with E-state index in [1.54, 1.807) is 12.4 Å². The number of rotatable bonds is 4. The molecule has 0 saturated heterocycles. The maximum absolute atomic E-state index is 6.19. The zero-order valence-electron chi connectivity index (χ0n) is 11.8. The van der Waals surface area contributed by atoms with Crippen LogP contribution < -0.4 is 14.8 Å². The second kappa shape index (κ2) is 6.33. The smallest absolute Gasteiger partial charge is 0.161 e. The first-order valence-electron chi connectivity index (χ1n) is 6.93. The van der Waals surface area contributed by atoms with Crippen molar-refractivity contribution in [2.24, 2.45) is 0 Å². The minimum atomic E-state index is 0.153. The number of pyridine rings is 1. The monoisotopic (exact) mass is 304 g/mol. The number of ether oxygens (including phenoxy) is 2. The Morgan fingerprint density at radius 1 is 1.24 bits per heavy atom. The van der Waals surface area contributed by atoms with E-state index in [0.717, 1.165) is 29.0 Å². The Morgan fingerprint density at radius 2 is 2.05 bits per heavy atom. The summed E-state index contributed by atoms with van der Waals surface area (Å²) in [7, 11) is 1.94. The largest absolute Gasteiger partial charge is 0.486 e. The number of halogens is 1. The Labute approximate surface area is 129 Å². The molecule has 0 spiro atoms. The molecule has 4 nitrogen and oxygen atoms in total. The quantitative estimate of drug-likeness (QED) is 0.943. The molecule has 1 unspecified atom stereocenters. The second-order valence-corrected chi connectivity index (χ2v) is 5.32. The van der Waals surface area contributed by atoms with Gasteiger partial charge in [0, 0.05) is 18.4 Å². The topological polar surface area (TPSA) is 43.4 Å². The summed E-state index contributed by atoms with van der Waals surface area (Å²) in [6.07, 6.45) is 4.22. The van der Waals surface area contributed by atoms with Crippen LogP contribution in [-0.4, -0.2) is 25.2 Å². The van der Waals surface area contributed by atoms with E-state index in [4.69, 9.17) is 21.1 Å². The molecule has 3 rings (SSSR count). The summed E-state index contributed by atoms with van der Waals surface area (Å²) in [5.74, 6) is 1.61. The molecule has 21 heavy (non-hydrogen) atoms. The number of hydrogen-bond donors (Lipinski definition) is 1. The van der Waals surface area contributed by atoms with E-state index in [0.29, 0.717) is 18.2 Å². The highest BCUT2D eigenvalue weighted by atomic mass is 35.5. The third-order valence-electron chi connectivity index (χ3n) is 3.60. The molecule has 1 N–H and O–H groups in total. The van der Waals surface area contributed by atoms with Crippen molar-refractivity contribution in [3.05, 3.63) is 52.8 Å². The summed E-state index contributed by atoms with van der Waals surface area (Å²) in [5, 5.41) is 4.02. The lowest BCUT2D eigenvalue weighted by molar-refractivity contribution is 0.171. The minimum absolute atomic E-state index is 0.153. The van der Waals surface area contributed by atoms with Gasteiger partial charge in [0.15, 0.2) is 11.5 Å². The van der Waals surface area contributed by atoms with E-state index in [1.165, 1.54) is 0 Å². The summed E-state index contributed by atoms with van der Waals surface area (Å²) >= 11 is 6.19. The van der Waals surface area contributed by atoms with Crippen molar-refractivity contribution in [1.82, 2.24) is 10.3 Å². The van der Waals surface area contributed by atoms with Gasteiger partial charge in [-0.05, 0) is 42.8 Å². The number of benzene rings is 1. The van der Waals surface area contributed by atoms with E-state index in [2.05, 4.69) is 16.4 Å². The Bertz CT molecular complexity index is 633. The maximum Gasteiger partial charge on any atom is 0.161 e. The number of likely N-dealkylation sites (N-methyl/N-ethyl adjacent to an activating group) is 1. The Kier molecular flexibility index (Phi) is 4.27. The van der Waals surface area contributed by atoms with E-state index in [9.17, 15) is 0 Å². The van der Waals surface area contributed by atoms with Crippen molar-refractivity contribution in [3.63, 3.8) is 0 Å². The molecule has 1 aromatic heterocycles. The van der Waals surface area contributed by atoms with Gasteiger partial charge in [-0.15, -0.1) is 0 Å². The van der Waals surface area contributed by atoms with Crippen LogP contribution in [0.3, 0.4) is 0 Å². The summed E-state index contributed by atoms with van der Waals surface area (Å²) in [4.78, 5) is 4.02. The van der Waals surface area contributed by atoms with Gasteiger partial charge in [0.25, 0.3) is 0 Å². The molecule has 0 amide bonds. The van der Waals surface area contributed by atoms with E-state index in [1.807, 2.05) is 25.2 Å². The predicted molar refractivity (Wildman–Crippen MR) is 82.2 cm³/mol. The van der Waals surface area contributed by atoms with E-state index in [-0.39, 0.29) is 6.04 Å². The van der Waals surface area contributed by atoms with E-state index < -0.39 is 0 Å². The lowest BCUT2D eigenvalue weighted by Crippen LogP contribution is -2.20. The molecule has 0 radical (unpaired) electrons. The van der Waals surface area contributed by atoms with Crippen molar-refractivity contribution < 1.29 is 9.47 Å². The summed E-state index contributed by atoms with van der Waals surface area (Å²) in [6.45, 7) is 1.20. The number of fused-ring (bicyclic) bond motifs is 1.